The van der Waals surface area contributed by atoms with Crippen LogP contribution in [-0.2, 0) is 22.1 Å². The van der Waals surface area contributed by atoms with Crippen molar-refractivity contribution in [3.8, 4) is 17.1 Å². The van der Waals surface area contributed by atoms with Gasteiger partial charge in [-0.05, 0) is 58.2 Å². The standard InChI is InChI=1S/C25H33N5O3S2/c1-17-20(15-29-9-7-8-10-29)22-23(34-17)21(27-25(28-22)30-11-5-4-6-12-30)18-13-19(16-35(3,31)32)24(33-2)26-14-18/h13-14H,4-12,15-16H2,1-3H3. The van der Waals surface area contributed by atoms with Crippen molar-refractivity contribution in [2.75, 3.05) is 44.4 Å². The fourth-order valence-corrected chi connectivity index (χ4v) is 6.99. The number of ether oxygens (including phenoxy) is 1. The summed E-state index contributed by atoms with van der Waals surface area (Å²) in [5.74, 6) is 0.958. The molecule has 0 spiro atoms. The number of anilines is 1. The van der Waals surface area contributed by atoms with Crippen LogP contribution in [0.3, 0.4) is 0 Å². The molecule has 3 aromatic rings. The van der Waals surface area contributed by atoms with Crippen molar-refractivity contribution in [3.05, 3.63) is 28.3 Å². The second-order valence-corrected chi connectivity index (χ2v) is 13.0. The molecule has 0 bridgehead atoms. The number of likely N-dealkylation sites (tertiary alicyclic amines) is 1. The van der Waals surface area contributed by atoms with Crippen molar-refractivity contribution in [3.63, 3.8) is 0 Å². The maximum Gasteiger partial charge on any atom is 0.226 e. The van der Waals surface area contributed by atoms with Crippen molar-refractivity contribution < 1.29 is 13.2 Å². The van der Waals surface area contributed by atoms with E-state index in [0.29, 0.717) is 11.4 Å². The van der Waals surface area contributed by atoms with E-state index in [9.17, 15) is 8.42 Å². The van der Waals surface area contributed by atoms with Crippen LogP contribution < -0.4 is 9.64 Å². The van der Waals surface area contributed by atoms with Crippen LogP contribution in [0, 0.1) is 6.92 Å². The van der Waals surface area contributed by atoms with E-state index in [4.69, 9.17) is 14.7 Å². The molecule has 188 valence electrons. The lowest BCUT2D eigenvalue weighted by atomic mass is 10.1. The Hall–Kier alpha value is -2.30. The number of thiophene rings is 1. The molecule has 0 N–H and O–H groups in total. The van der Waals surface area contributed by atoms with Gasteiger partial charge in [0.05, 0.1) is 28.8 Å². The largest absolute Gasteiger partial charge is 0.481 e. The van der Waals surface area contributed by atoms with Crippen LogP contribution in [0.15, 0.2) is 12.3 Å². The Morgan fingerprint density at radius 1 is 1.06 bits per heavy atom. The first-order valence-electron chi connectivity index (χ1n) is 12.3. The van der Waals surface area contributed by atoms with Gasteiger partial charge < -0.3 is 9.64 Å². The van der Waals surface area contributed by atoms with Crippen LogP contribution in [0.1, 0.15) is 48.1 Å². The molecule has 2 saturated heterocycles. The molecule has 5 rings (SSSR count). The van der Waals surface area contributed by atoms with Crippen LogP contribution in [0.4, 0.5) is 5.95 Å². The summed E-state index contributed by atoms with van der Waals surface area (Å²) in [7, 11) is -1.74. The van der Waals surface area contributed by atoms with Crippen LogP contribution in [0.25, 0.3) is 21.5 Å². The molecular weight excluding hydrogens is 482 g/mol. The minimum absolute atomic E-state index is 0.131. The molecule has 2 aliphatic rings. The van der Waals surface area contributed by atoms with Crippen LogP contribution in [0.5, 0.6) is 5.88 Å². The second kappa shape index (κ2) is 9.99. The fourth-order valence-electron chi connectivity index (χ4n) is 5.10. The SMILES string of the molecule is COc1ncc(-c2nc(N3CCCCC3)nc3c(CN4CCCC4)c(C)sc23)cc1CS(C)(=O)=O. The zero-order valence-corrected chi connectivity index (χ0v) is 22.3. The number of hydrogen-bond donors (Lipinski definition) is 0. The molecule has 8 nitrogen and oxygen atoms in total. The lowest BCUT2D eigenvalue weighted by Gasteiger charge is -2.27. The van der Waals surface area contributed by atoms with E-state index in [2.05, 4.69) is 21.7 Å². The van der Waals surface area contributed by atoms with Crippen molar-refractivity contribution in [1.29, 1.82) is 0 Å². The highest BCUT2D eigenvalue weighted by atomic mass is 32.2. The molecule has 0 aromatic carbocycles. The molecule has 3 aromatic heterocycles. The smallest absolute Gasteiger partial charge is 0.226 e. The number of fused-ring (bicyclic) bond motifs is 1. The highest BCUT2D eigenvalue weighted by molar-refractivity contribution is 7.89. The number of rotatable bonds is 7. The van der Waals surface area contributed by atoms with Gasteiger partial charge in [-0.3, -0.25) is 4.90 Å². The van der Waals surface area contributed by atoms with Gasteiger partial charge >= 0.3 is 0 Å². The predicted octanol–water partition coefficient (Wildman–Crippen LogP) is 4.20. The average molecular weight is 516 g/mol. The van der Waals surface area contributed by atoms with E-state index in [-0.39, 0.29) is 5.75 Å². The fraction of sp³-hybridized carbons (Fsp3) is 0.560. The minimum atomic E-state index is -3.26. The number of methoxy groups -OCH3 is 1. The first kappa shape index (κ1) is 24.4. The van der Waals surface area contributed by atoms with E-state index >= 15 is 0 Å². The van der Waals surface area contributed by atoms with Gasteiger partial charge in [0, 0.05) is 53.7 Å². The zero-order valence-electron chi connectivity index (χ0n) is 20.7. The Morgan fingerprint density at radius 2 is 1.77 bits per heavy atom. The number of pyridine rings is 1. The monoisotopic (exact) mass is 515 g/mol. The third-order valence-electron chi connectivity index (χ3n) is 6.85. The first-order valence-corrected chi connectivity index (χ1v) is 15.2. The van der Waals surface area contributed by atoms with E-state index in [1.54, 1.807) is 17.5 Å². The Morgan fingerprint density at radius 3 is 2.46 bits per heavy atom. The summed E-state index contributed by atoms with van der Waals surface area (Å²) in [4.78, 5) is 20.7. The maximum atomic E-state index is 12.1. The first-order chi connectivity index (χ1) is 16.8. The summed E-state index contributed by atoms with van der Waals surface area (Å²) < 4.78 is 30.6. The molecule has 10 heteroatoms. The normalized spacial score (nSPS) is 17.4. The third kappa shape index (κ3) is 5.29. The summed E-state index contributed by atoms with van der Waals surface area (Å²) in [5.41, 5.74) is 4.46. The van der Waals surface area contributed by atoms with Crippen molar-refractivity contribution in [2.45, 2.75) is 51.3 Å². The predicted molar refractivity (Wildman–Crippen MR) is 141 cm³/mol. The lowest BCUT2D eigenvalue weighted by Crippen LogP contribution is -2.31. The van der Waals surface area contributed by atoms with E-state index in [1.165, 1.54) is 43.1 Å². The summed E-state index contributed by atoms with van der Waals surface area (Å²) >= 11 is 1.72. The minimum Gasteiger partial charge on any atom is -0.481 e. The highest BCUT2D eigenvalue weighted by Gasteiger charge is 2.24. The number of aryl methyl sites for hydroxylation is 1. The quantitative estimate of drug-likeness (QED) is 0.463. The summed E-state index contributed by atoms with van der Waals surface area (Å²) in [6.07, 6.45) is 8.99. The molecule has 5 heterocycles. The molecule has 2 fully saturated rings. The zero-order chi connectivity index (χ0) is 24.6. The van der Waals surface area contributed by atoms with Crippen molar-refractivity contribution in [2.24, 2.45) is 0 Å². The van der Waals surface area contributed by atoms with E-state index in [1.807, 2.05) is 6.07 Å². The molecule has 0 aliphatic carbocycles. The molecule has 0 amide bonds. The van der Waals surface area contributed by atoms with Gasteiger partial charge in [0.2, 0.25) is 11.8 Å². The van der Waals surface area contributed by atoms with E-state index < -0.39 is 9.84 Å². The van der Waals surface area contributed by atoms with Crippen molar-refractivity contribution >= 4 is 37.3 Å². The Kier molecular flexibility index (Phi) is 6.96. The molecular formula is C25H33N5O3S2. The summed E-state index contributed by atoms with van der Waals surface area (Å²) in [6.45, 7) is 7.24. The second-order valence-electron chi connectivity index (χ2n) is 9.68. The third-order valence-corrected chi connectivity index (χ3v) is 8.83. The Labute approximate surface area is 211 Å². The van der Waals surface area contributed by atoms with Gasteiger partial charge in [0.15, 0.2) is 9.84 Å². The molecule has 35 heavy (non-hydrogen) atoms. The maximum absolute atomic E-state index is 12.1. The van der Waals surface area contributed by atoms with Gasteiger partial charge in [0.1, 0.15) is 0 Å². The Bertz CT molecular complexity index is 1330. The average Bonchev–Trinajstić information content (AvgIpc) is 3.46. The van der Waals surface area contributed by atoms with Crippen LogP contribution in [-0.4, -0.2) is 67.8 Å². The number of nitrogens with zero attached hydrogens (tertiary/aromatic N) is 5. The highest BCUT2D eigenvalue weighted by Crippen LogP contribution is 2.39. The van der Waals surface area contributed by atoms with Crippen LogP contribution >= 0.6 is 11.3 Å². The van der Waals surface area contributed by atoms with Crippen molar-refractivity contribution in [1.82, 2.24) is 19.9 Å². The number of hydrogen-bond acceptors (Lipinski definition) is 9. The van der Waals surface area contributed by atoms with Gasteiger partial charge in [-0.1, -0.05) is 0 Å². The molecule has 0 atom stereocenters. The lowest BCUT2D eigenvalue weighted by molar-refractivity contribution is 0.332. The number of sulfone groups is 1. The van der Waals surface area contributed by atoms with Gasteiger partial charge in [-0.2, -0.15) is 0 Å². The number of piperidine rings is 1. The molecule has 0 unspecified atom stereocenters. The van der Waals surface area contributed by atoms with Gasteiger partial charge in [-0.25, -0.2) is 23.4 Å². The van der Waals surface area contributed by atoms with Gasteiger partial charge in [0.25, 0.3) is 0 Å². The summed E-state index contributed by atoms with van der Waals surface area (Å²) in [5, 5.41) is 0. The van der Waals surface area contributed by atoms with E-state index in [0.717, 1.165) is 73.0 Å². The summed E-state index contributed by atoms with van der Waals surface area (Å²) in [6, 6.07) is 1.86. The molecule has 2 aliphatic heterocycles. The topological polar surface area (TPSA) is 88.5 Å². The van der Waals surface area contributed by atoms with Gasteiger partial charge in [-0.15, -0.1) is 11.3 Å². The number of aromatic nitrogens is 3. The van der Waals surface area contributed by atoms with Crippen LogP contribution in [0.2, 0.25) is 0 Å². The molecule has 0 radical (unpaired) electrons. The molecule has 0 saturated carbocycles. The Balaban J connectivity index is 1.67.